The molecule has 0 radical (unpaired) electrons. The first-order valence-corrected chi connectivity index (χ1v) is 5.71. The second kappa shape index (κ2) is 5.30. The SMILES string of the molecule is CCN(c1ccccc1)c1c(F)c(F)cc(F)c1F. The Hall–Kier alpha value is -2.04. The maximum absolute atomic E-state index is 13.7. The molecule has 0 saturated heterocycles. The first kappa shape index (κ1) is 13.4. The number of rotatable bonds is 3. The van der Waals surface area contributed by atoms with Gasteiger partial charge in [-0.3, -0.25) is 0 Å². The third kappa shape index (κ3) is 2.41. The van der Waals surface area contributed by atoms with E-state index in [4.69, 9.17) is 0 Å². The van der Waals surface area contributed by atoms with Crippen LogP contribution in [0.5, 0.6) is 0 Å². The molecule has 0 unspecified atom stereocenters. The predicted molar refractivity (Wildman–Crippen MR) is 65.4 cm³/mol. The molecule has 0 spiro atoms. The number of halogens is 4. The molecule has 0 aliphatic carbocycles. The number of benzene rings is 2. The molecule has 0 amide bonds. The molecule has 0 aliphatic heterocycles. The molecule has 1 nitrogen and oxygen atoms in total. The van der Waals surface area contributed by atoms with Gasteiger partial charge in [-0.15, -0.1) is 0 Å². The van der Waals surface area contributed by atoms with Crippen LogP contribution in [0.4, 0.5) is 28.9 Å². The Bertz CT molecular complexity index is 557. The van der Waals surface area contributed by atoms with Crippen molar-refractivity contribution in [1.29, 1.82) is 0 Å². The van der Waals surface area contributed by atoms with E-state index in [1.165, 1.54) is 4.90 Å². The van der Waals surface area contributed by atoms with E-state index >= 15 is 0 Å². The van der Waals surface area contributed by atoms with E-state index in [2.05, 4.69) is 0 Å². The minimum Gasteiger partial charge on any atom is -0.337 e. The van der Waals surface area contributed by atoms with Gasteiger partial charge < -0.3 is 4.90 Å². The van der Waals surface area contributed by atoms with Crippen molar-refractivity contribution in [2.75, 3.05) is 11.4 Å². The van der Waals surface area contributed by atoms with Gasteiger partial charge in [-0.2, -0.15) is 0 Å². The van der Waals surface area contributed by atoms with Gasteiger partial charge in [0.25, 0.3) is 0 Å². The van der Waals surface area contributed by atoms with Crippen molar-refractivity contribution in [3.63, 3.8) is 0 Å². The average Bonchev–Trinajstić information content (AvgIpc) is 2.42. The smallest absolute Gasteiger partial charge is 0.185 e. The number of hydrogen-bond donors (Lipinski definition) is 0. The first-order chi connectivity index (χ1) is 9.06. The third-order valence-electron chi connectivity index (χ3n) is 2.74. The molecule has 2 aromatic rings. The molecule has 0 aliphatic rings. The van der Waals surface area contributed by atoms with Gasteiger partial charge in [0.1, 0.15) is 5.69 Å². The van der Waals surface area contributed by atoms with Crippen LogP contribution in [0.3, 0.4) is 0 Å². The standard InChI is InChI=1S/C14H11F4N/c1-2-19(9-6-4-3-5-7-9)14-12(17)10(15)8-11(16)13(14)18/h3-8H,2H2,1H3. The Balaban J connectivity index is 2.62. The topological polar surface area (TPSA) is 3.24 Å². The summed E-state index contributed by atoms with van der Waals surface area (Å²) in [7, 11) is 0. The molecular weight excluding hydrogens is 258 g/mol. The van der Waals surface area contributed by atoms with E-state index < -0.39 is 29.0 Å². The molecule has 0 bridgehead atoms. The van der Waals surface area contributed by atoms with Gasteiger partial charge in [-0.25, -0.2) is 17.6 Å². The van der Waals surface area contributed by atoms with Crippen LogP contribution in [0.25, 0.3) is 0 Å². The molecular formula is C14H11F4N. The van der Waals surface area contributed by atoms with E-state index in [0.717, 1.165) is 0 Å². The third-order valence-corrected chi connectivity index (χ3v) is 2.74. The van der Waals surface area contributed by atoms with Crippen molar-refractivity contribution in [2.45, 2.75) is 6.92 Å². The maximum atomic E-state index is 13.7. The maximum Gasteiger partial charge on any atom is 0.185 e. The Labute approximate surface area is 108 Å². The summed E-state index contributed by atoms with van der Waals surface area (Å²) in [5.74, 6) is -5.62. The summed E-state index contributed by atoms with van der Waals surface area (Å²) in [6.07, 6.45) is 0. The zero-order chi connectivity index (χ0) is 14.0. The highest BCUT2D eigenvalue weighted by atomic mass is 19.2. The normalized spacial score (nSPS) is 10.6. The quantitative estimate of drug-likeness (QED) is 0.589. The van der Waals surface area contributed by atoms with Crippen molar-refractivity contribution in [1.82, 2.24) is 0 Å². The molecule has 0 heterocycles. The van der Waals surface area contributed by atoms with Crippen LogP contribution in [0.1, 0.15) is 6.92 Å². The predicted octanol–water partition coefficient (Wildman–Crippen LogP) is 4.40. The fourth-order valence-corrected chi connectivity index (χ4v) is 1.88. The van der Waals surface area contributed by atoms with Crippen LogP contribution in [-0.2, 0) is 0 Å². The Morgan fingerprint density at radius 3 is 1.89 bits per heavy atom. The summed E-state index contributed by atoms with van der Waals surface area (Å²) >= 11 is 0. The summed E-state index contributed by atoms with van der Waals surface area (Å²) in [5, 5.41) is 0. The summed E-state index contributed by atoms with van der Waals surface area (Å²) < 4.78 is 53.9. The second-order valence-electron chi connectivity index (χ2n) is 3.90. The number of hydrogen-bond acceptors (Lipinski definition) is 1. The molecule has 5 heteroatoms. The monoisotopic (exact) mass is 269 g/mol. The molecule has 0 N–H and O–H groups in total. The summed E-state index contributed by atoms with van der Waals surface area (Å²) in [6, 6.07) is 8.48. The molecule has 0 saturated carbocycles. The largest absolute Gasteiger partial charge is 0.337 e. The van der Waals surface area contributed by atoms with Gasteiger partial charge in [0.05, 0.1) is 0 Å². The molecule has 19 heavy (non-hydrogen) atoms. The van der Waals surface area contributed by atoms with Crippen LogP contribution >= 0.6 is 0 Å². The van der Waals surface area contributed by atoms with Gasteiger partial charge in [-0.1, -0.05) is 18.2 Å². The summed E-state index contributed by atoms with van der Waals surface area (Å²) in [5.41, 5.74) is -0.265. The van der Waals surface area contributed by atoms with Crippen molar-refractivity contribution in [3.05, 3.63) is 59.7 Å². The fourth-order valence-electron chi connectivity index (χ4n) is 1.88. The Kier molecular flexibility index (Phi) is 3.74. The summed E-state index contributed by atoms with van der Waals surface area (Å²) in [6.45, 7) is 1.80. The van der Waals surface area contributed by atoms with Gasteiger partial charge in [0, 0.05) is 18.3 Å². The highest BCUT2D eigenvalue weighted by Gasteiger charge is 2.24. The van der Waals surface area contributed by atoms with Crippen LogP contribution < -0.4 is 4.90 Å². The van der Waals surface area contributed by atoms with Crippen molar-refractivity contribution in [2.24, 2.45) is 0 Å². The van der Waals surface area contributed by atoms with Crippen molar-refractivity contribution >= 4 is 11.4 Å². The zero-order valence-electron chi connectivity index (χ0n) is 10.1. The lowest BCUT2D eigenvalue weighted by Crippen LogP contribution is -2.20. The molecule has 2 rings (SSSR count). The van der Waals surface area contributed by atoms with E-state index in [9.17, 15) is 17.6 Å². The minimum absolute atomic E-state index is 0.167. The molecule has 0 aromatic heterocycles. The van der Waals surface area contributed by atoms with Gasteiger partial charge in [0.2, 0.25) is 0 Å². The van der Waals surface area contributed by atoms with Crippen LogP contribution in [0.15, 0.2) is 36.4 Å². The number of para-hydroxylation sites is 1. The minimum atomic E-state index is -1.41. The van der Waals surface area contributed by atoms with Crippen LogP contribution in [0, 0.1) is 23.3 Å². The zero-order valence-corrected chi connectivity index (χ0v) is 10.1. The fraction of sp³-hybridized carbons (Fsp3) is 0.143. The van der Waals surface area contributed by atoms with Crippen LogP contribution in [0.2, 0.25) is 0 Å². The molecule has 2 aromatic carbocycles. The second-order valence-corrected chi connectivity index (χ2v) is 3.90. The molecule has 100 valence electrons. The Morgan fingerprint density at radius 2 is 1.42 bits per heavy atom. The van der Waals surface area contributed by atoms with E-state index in [0.29, 0.717) is 5.69 Å². The van der Waals surface area contributed by atoms with Gasteiger partial charge >= 0.3 is 0 Å². The summed E-state index contributed by atoms with van der Waals surface area (Å²) in [4.78, 5) is 1.18. The van der Waals surface area contributed by atoms with Gasteiger partial charge in [0.15, 0.2) is 23.3 Å². The lowest BCUT2D eigenvalue weighted by molar-refractivity contribution is 0.455. The Morgan fingerprint density at radius 1 is 0.895 bits per heavy atom. The average molecular weight is 269 g/mol. The van der Waals surface area contributed by atoms with E-state index in [1.54, 1.807) is 37.3 Å². The van der Waals surface area contributed by atoms with E-state index in [1.807, 2.05) is 0 Å². The number of nitrogens with zero attached hydrogens (tertiary/aromatic N) is 1. The lowest BCUT2D eigenvalue weighted by Gasteiger charge is -2.24. The van der Waals surface area contributed by atoms with E-state index in [-0.39, 0.29) is 12.6 Å². The first-order valence-electron chi connectivity index (χ1n) is 5.71. The van der Waals surface area contributed by atoms with Crippen LogP contribution in [-0.4, -0.2) is 6.54 Å². The van der Waals surface area contributed by atoms with Gasteiger partial charge in [-0.05, 0) is 19.1 Å². The van der Waals surface area contributed by atoms with Crippen molar-refractivity contribution < 1.29 is 17.6 Å². The number of anilines is 2. The molecule has 0 fully saturated rings. The highest BCUT2D eigenvalue weighted by molar-refractivity contribution is 5.64. The lowest BCUT2D eigenvalue weighted by atomic mass is 10.2. The van der Waals surface area contributed by atoms with Crippen molar-refractivity contribution in [3.8, 4) is 0 Å². The molecule has 0 atom stereocenters. The highest BCUT2D eigenvalue weighted by Crippen LogP contribution is 2.32.